The predicted octanol–water partition coefficient (Wildman–Crippen LogP) is 2.09. The highest BCUT2D eigenvalue weighted by atomic mass is 16.6. The fourth-order valence-electron chi connectivity index (χ4n) is 1.95. The summed E-state index contributed by atoms with van der Waals surface area (Å²) >= 11 is 0. The van der Waals surface area contributed by atoms with Gasteiger partial charge in [-0.2, -0.15) is 0 Å². The second kappa shape index (κ2) is 4.43. The molecule has 0 saturated carbocycles. The lowest BCUT2D eigenvalue weighted by atomic mass is 9.75. The summed E-state index contributed by atoms with van der Waals surface area (Å²) in [5.74, 6) is -1.89. The van der Waals surface area contributed by atoms with E-state index in [0.717, 1.165) is 12.0 Å². The molecule has 0 radical (unpaired) electrons. The van der Waals surface area contributed by atoms with Gasteiger partial charge in [0.15, 0.2) is 0 Å². The largest absolute Gasteiger partial charge is 0.392 e. The van der Waals surface area contributed by atoms with Crippen LogP contribution < -0.4 is 0 Å². The maximum atomic E-state index is 11.5. The SMILES string of the molecule is C=CC1C(=O)OC(=O)C(C)C1C(=C)CC. The predicted molar refractivity (Wildman–Crippen MR) is 56.9 cm³/mol. The van der Waals surface area contributed by atoms with Gasteiger partial charge >= 0.3 is 11.9 Å². The Morgan fingerprint density at radius 2 is 2.07 bits per heavy atom. The van der Waals surface area contributed by atoms with Gasteiger partial charge in [-0.1, -0.05) is 32.1 Å². The number of rotatable bonds is 3. The minimum absolute atomic E-state index is 0.166. The highest BCUT2D eigenvalue weighted by Crippen LogP contribution is 2.35. The molecule has 0 spiro atoms. The van der Waals surface area contributed by atoms with Crippen molar-refractivity contribution in [2.45, 2.75) is 20.3 Å². The standard InChI is InChI=1S/C12H16O3/c1-5-7(3)10-8(4)11(13)15-12(14)9(10)6-2/h6,8-10H,2-3,5H2,1,4H3. The van der Waals surface area contributed by atoms with E-state index >= 15 is 0 Å². The molecule has 0 bridgehead atoms. The summed E-state index contributed by atoms with van der Waals surface area (Å²) in [6.07, 6.45) is 2.29. The lowest BCUT2D eigenvalue weighted by molar-refractivity contribution is -0.172. The highest BCUT2D eigenvalue weighted by molar-refractivity contribution is 5.92. The summed E-state index contributed by atoms with van der Waals surface area (Å²) in [7, 11) is 0. The second-order valence-electron chi connectivity index (χ2n) is 3.83. The molecule has 1 fully saturated rings. The van der Waals surface area contributed by atoms with Crippen molar-refractivity contribution < 1.29 is 14.3 Å². The van der Waals surface area contributed by atoms with E-state index < -0.39 is 17.9 Å². The quantitative estimate of drug-likeness (QED) is 0.405. The average molecular weight is 208 g/mol. The van der Waals surface area contributed by atoms with E-state index in [0.29, 0.717) is 0 Å². The Kier molecular flexibility index (Phi) is 3.45. The first-order valence-corrected chi connectivity index (χ1v) is 5.08. The fourth-order valence-corrected chi connectivity index (χ4v) is 1.95. The molecule has 0 amide bonds. The van der Waals surface area contributed by atoms with Crippen molar-refractivity contribution in [2.75, 3.05) is 0 Å². The van der Waals surface area contributed by atoms with Gasteiger partial charge in [-0.25, -0.2) is 0 Å². The van der Waals surface area contributed by atoms with Crippen LogP contribution in [0.15, 0.2) is 24.8 Å². The summed E-state index contributed by atoms with van der Waals surface area (Å²) in [5.41, 5.74) is 0.900. The Hall–Kier alpha value is -1.38. The third-order valence-electron chi connectivity index (χ3n) is 2.95. The van der Waals surface area contributed by atoms with Gasteiger partial charge < -0.3 is 4.74 Å². The molecule has 3 atom stereocenters. The molecular formula is C12H16O3. The number of esters is 2. The van der Waals surface area contributed by atoms with Crippen molar-refractivity contribution in [3.8, 4) is 0 Å². The summed E-state index contributed by atoms with van der Waals surface area (Å²) in [4.78, 5) is 22.8. The van der Waals surface area contributed by atoms with E-state index in [1.807, 2.05) is 6.92 Å². The molecule has 0 aromatic rings. The van der Waals surface area contributed by atoms with Crippen LogP contribution >= 0.6 is 0 Å². The Bertz CT molecular complexity index is 317. The van der Waals surface area contributed by atoms with Crippen LogP contribution in [0.5, 0.6) is 0 Å². The van der Waals surface area contributed by atoms with Crippen molar-refractivity contribution in [3.63, 3.8) is 0 Å². The monoisotopic (exact) mass is 208 g/mol. The molecule has 0 aromatic heterocycles. The van der Waals surface area contributed by atoms with Crippen molar-refractivity contribution in [2.24, 2.45) is 17.8 Å². The Labute approximate surface area is 89.8 Å². The maximum Gasteiger partial charge on any atom is 0.321 e. The Balaban J connectivity index is 3.03. The van der Waals surface area contributed by atoms with Crippen LogP contribution in [0.2, 0.25) is 0 Å². The normalized spacial score (nSPS) is 30.9. The van der Waals surface area contributed by atoms with Crippen LogP contribution in [0, 0.1) is 17.8 Å². The number of hydrogen-bond acceptors (Lipinski definition) is 3. The van der Waals surface area contributed by atoms with Gasteiger partial charge in [0.2, 0.25) is 0 Å². The Morgan fingerprint density at radius 1 is 1.47 bits per heavy atom. The topological polar surface area (TPSA) is 43.4 Å². The van der Waals surface area contributed by atoms with E-state index in [9.17, 15) is 9.59 Å². The molecule has 0 aromatic carbocycles. The first kappa shape index (κ1) is 11.7. The summed E-state index contributed by atoms with van der Waals surface area (Å²) in [6, 6.07) is 0. The minimum Gasteiger partial charge on any atom is -0.392 e. The van der Waals surface area contributed by atoms with Crippen LogP contribution in [-0.2, 0) is 14.3 Å². The summed E-state index contributed by atoms with van der Waals surface area (Å²) in [5, 5.41) is 0. The number of allylic oxidation sites excluding steroid dienone is 1. The number of carbonyl (C=O) groups excluding carboxylic acids is 2. The molecule has 0 aliphatic carbocycles. The number of ether oxygens (including phenoxy) is 1. The number of hydrogen-bond donors (Lipinski definition) is 0. The highest BCUT2D eigenvalue weighted by Gasteiger charge is 2.42. The molecule has 1 saturated heterocycles. The molecule has 3 nitrogen and oxygen atoms in total. The first-order valence-electron chi connectivity index (χ1n) is 5.08. The van der Waals surface area contributed by atoms with Gasteiger partial charge in [0, 0.05) is 5.92 Å². The van der Waals surface area contributed by atoms with E-state index in [4.69, 9.17) is 0 Å². The third kappa shape index (κ3) is 2.01. The fraction of sp³-hybridized carbons (Fsp3) is 0.500. The molecule has 1 aliphatic rings. The molecular weight excluding hydrogens is 192 g/mol. The molecule has 1 aliphatic heterocycles. The molecule has 3 heteroatoms. The van der Waals surface area contributed by atoms with Crippen molar-refractivity contribution >= 4 is 11.9 Å². The van der Waals surface area contributed by atoms with Crippen molar-refractivity contribution in [3.05, 3.63) is 24.8 Å². The van der Waals surface area contributed by atoms with Crippen molar-refractivity contribution in [1.29, 1.82) is 0 Å². The molecule has 3 unspecified atom stereocenters. The number of carbonyl (C=O) groups is 2. The zero-order chi connectivity index (χ0) is 11.6. The molecule has 1 heterocycles. The van der Waals surface area contributed by atoms with Gasteiger partial charge in [-0.15, -0.1) is 6.58 Å². The zero-order valence-electron chi connectivity index (χ0n) is 9.16. The zero-order valence-corrected chi connectivity index (χ0v) is 9.16. The molecule has 15 heavy (non-hydrogen) atoms. The van der Waals surface area contributed by atoms with Crippen LogP contribution in [-0.4, -0.2) is 11.9 Å². The molecule has 1 rings (SSSR count). The van der Waals surface area contributed by atoms with Crippen LogP contribution in [0.4, 0.5) is 0 Å². The van der Waals surface area contributed by atoms with E-state index in [1.165, 1.54) is 6.08 Å². The van der Waals surface area contributed by atoms with E-state index in [2.05, 4.69) is 17.9 Å². The maximum absolute atomic E-state index is 11.5. The van der Waals surface area contributed by atoms with Gasteiger partial charge in [0.05, 0.1) is 11.8 Å². The first-order chi connectivity index (χ1) is 7.02. The third-order valence-corrected chi connectivity index (χ3v) is 2.95. The van der Waals surface area contributed by atoms with Crippen molar-refractivity contribution in [1.82, 2.24) is 0 Å². The van der Waals surface area contributed by atoms with Gasteiger partial charge in [0.1, 0.15) is 0 Å². The summed E-state index contributed by atoms with van der Waals surface area (Å²) in [6.45, 7) is 11.2. The number of cyclic esters (lactones) is 2. The lowest BCUT2D eigenvalue weighted by Crippen LogP contribution is -2.41. The lowest BCUT2D eigenvalue weighted by Gasteiger charge is -2.33. The van der Waals surface area contributed by atoms with Gasteiger partial charge in [0.25, 0.3) is 0 Å². The minimum atomic E-state index is -0.507. The Morgan fingerprint density at radius 3 is 2.53 bits per heavy atom. The van der Waals surface area contributed by atoms with E-state index in [1.54, 1.807) is 6.92 Å². The van der Waals surface area contributed by atoms with E-state index in [-0.39, 0.29) is 11.8 Å². The van der Waals surface area contributed by atoms with Gasteiger partial charge in [-0.3, -0.25) is 9.59 Å². The van der Waals surface area contributed by atoms with Crippen LogP contribution in [0.1, 0.15) is 20.3 Å². The van der Waals surface area contributed by atoms with Gasteiger partial charge in [-0.05, 0) is 6.42 Å². The second-order valence-corrected chi connectivity index (χ2v) is 3.83. The van der Waals surface area contributed by atoms with Crippen LogP contribution in [0.25, 0.3) is 0 Å². The van der Waals surface area contributed by atoms with Crippen LogP contribution in [0.3, 0.4) is 0 Å². The molecule has 82 valence electrons. The molecule has 0 N–H and O–H groups in total. The smallest absolute Gasteiger partial charge is 0.321 e. The average Bonchev–Trinajstić information content (AvgIpc) is 2.21. The summed E-state index contributed by atoms with van der Waals surface area (Å²) < 4.78 is 4.64.